The van der Waals surface area contributed by atoms with Crippen LogP contribution in [0, 0.1) is 5.82 Å². The van der Waals surface area contributed by atoms with E-state index >= 15 is 0 Å². The van der Waals surface area contributed by atoms with Crippen molar-refractivity contribution in [1.82, 2.24) is 0 Å². The highest BCUT2D eigenvalue weighted by atomic mass is 19.1. The molecule has 0 amide bonds. The number of rotatable bonds is 3. The number of hydrogen-bond acceptors (Lipinski definition) is 4. The van der Waals surface area contributed by atoms with E-state index in [1.807, 2.05) is 0 Å². The van der Waals surface area contributed by atoms with Crippen molar-refractivity contribution in [2.45, 2.75) is 37.8 Å². The molecule has 0 aliphatic heterocycles. The summed E-state index contributed by atoms with van der Waals surface area (Å²) in [6, 6.07) is 2.12. The zero-order valence-corrected chi connectivity index (χ0v) is 11.3. The topological polar surface area (TPSA) is 86.8 Å². The molecule has 0 saturated heterocycles. The van der Waals surface area contributed by atoms with Gasteiger partial charge in [0.1, 0.15) is 5.82 Å². The van der Waals surface area contributed by atoms with Gasteiger partial charge in [-0.1, -0.05) is 12.8 Å². The van der Waals surface area contributed by atoms with E-state index in [4.69, 9.17) is 10.8 Å². The Morgan fingerprint density at radius 1 is 1.40 bits per heavy atom. The molecule has 1 aromatic carbocycles. The maximum Gasteiger partial charge on any atom is 0.338 e. The monoisotopic (exact) mass is 282 g/mol. The predicted octanol–water partition coefficient (Wildman–Crippen LogP) is 1.85. The number of nitrogens with two attached hydrogens (primary N) is 1. The number of aliphatic hydroxyl groups is 1. The third-order valence-corrected chi connectivity index (χ3v) is 3.92. The molecule has 5 nitrogen and oxygen atoms in total. The molecule has 1 aliphatic carbocycles. The SMILES string of the molecule is CN(c1cc(F)c(C(=O)O)cc1N)C1CCCCC1O. The van der Waals surface area contributed by atoms with Crippen molar-refractivity contribution in [1.29, 1.82) is 0 Å². The Bertz CT molecular complexity index is 521. The Morgan fingerprint density at radius 2 is 2.05 bits per heavy atom. The van der Waals surface area contributed by atoms with Crippen LogP contribution < -0.4 is 10.6 Å². The van der Waals surface area contributed by atoms with Gasteiger partial charge in [-0.25, -0.2) is 9.18 Å². The summed E-state index contributed by atoms with van der Waals surface area (Å²) in [5, 5.41) is 18.9. The van der Waals surface area contributed by atoms with Gasteiger partial charge in [0.05, 0.1) is 29.1 Å². The quantitative estimate of drug-likeness (QED) is 0.736. The molecule has 2 atom stereocenters. The van der Waals surface area contributed by atoms with Gasteiger partial charge >= 0.3 is 5.97 Å². The molecule has 1 aromatic rings. The third kappa shape index (κ3) is 2.70. The van der Waals surface area contributed by atoms with Gasteiger partial charge in [0, 0.05) is 13.1 Å². The van der Waals surface area contributed by atoms with Crippen LogP contribution in [-0.2, 0) is 0 Å². The number of nitrogen functional groups attached to an aromatic ring is 1. The normalized spacial score (nSPS) is 22.6. The van der Waals surface area contributed by atoms with Gasteiger partial charge in [0.15, 0.2) is 0 Å². The van der Waals surface area contributed by atoms with E-state index in [9.17, 15) is 14.3 Å². The number of aliphatic hydroxyl groups excluding tert-OH is 1. The van der Waals surface area contributed by atoms with Gasteiger partial charge in [0.2, 0.25) is 0 Å². The van der Waals surface area contributed by atoms with Crippen molar-refractivity contribution in [3.63, 3.8) is 0 Å². The van der Waals surface area contributed by atoms with Gasteiger partial charge in [-0.2, -0.15) is 0 Å². The van der Waals surface area contributed by atoms with Crippen LogP contribution in [0.3, 0.4) is 0 Å². The van der Waals surface area contributed by atoms with Crippen molar-refractivity contribution in [2.75, 3.05) is 17.7 Å². The van der Waals surface area contributed by atoms with Crippen molar-refractivity contribution in [3.8, 4) is 0 Å². The molecule has 1 aliphatic rings. The van der Waals surface area contributed by atoms with E-state index in [1.54, 1.807) is 11.9 Å². The molecule has 1 saturated carbocycles. The molecular weight excluding hydrogens is 263 g/mol. The highest BCUT2D eigenvalue weighted by Gasteiger charge is 2.28. The number of carboxylic acid groups (broad SMARTS) is 1. The summed E-state index contributed by atoms with van der Waals surface area (Å²) in [6.45, 7) is 0. The van der Waals surface area contributed by atoms with Crippen molar-refractivity contribution in [2.24, 2.45) is 0 Å². The Kier molecular flexibility index (Phi) is 4.13. The Hall–Kier alpha value is -1.82. The average molecular weight is 282 g/mol. The van der Waals surface area contributed by atoms with Crippen LogP contribution in [0.2, 0.25) is 0 Å². The number of halogens is 1. The summed E-state index contributed by atoms with van der Waals surface area (Å²) in [7, 11) is 1.74. The summed E-state index contributed by atoms with van der Waals surface area (Å²) < 4.78 is 13.8. The first-order valence-corrected chi connectivity index (χ1v) is 6.65. The van der Waals surface area contributed by atoms with Gasteiger partial charge in [-0.15, -0.1) is 0 Å². The zero-order valence-electron chi connectivity index (χ0n) is 11.3. The van der Waals surface area contributed by atoms with Gasteiger partial charge in [0.25, 0.3) is 0 Å². The minimum absolute atomic E-state index is 0.124. The smallest absolute Gasteiger partial charge is 0.338 e. The number of aromatic carboxylic acids is 1. The van der Waals surface area contributed by atoms with E-state index in [2.05, 4.69) is 0 Å². The van der Waals surface area contributed by atoms with Crippen LogP contribution in [0.5, 0.6) is 0 Å². The fourth-order valence-corrected chi connectivity index (χ4v) is 2.77. The summed E-state index contributed by atoms with van der Waals surface area (Å²) >= 11 is 0. The van der Waals surface area contributed by atoms with Crippen LogP contribution in [0.1, 0.15) is 36.0 Å². The summed E-state index contributed by atoms with van der Waals surface area (Å²) in [6.07, 6.45) is 3.02. The van der Waals surface area contributed by atoms with Crippen LogP contribution in [0.25, 0.3) is 0 Å². The molecule has 0 radical (unpaired) electrons. The fraction of sp³-hybridized carbons (Fsp3) is 0.500. The first-order valence-electron chi connectivity index (χ1n) is 6.65. The molecule has 110 valence electrons. The van der Waals surface area contributed by atoms with Gasteiger partial charge < -0.3 is 20.8 Å². The van der Waals surface area contributed by atoms with E-state index in [1.165, 1.54) is 0 Å². The molecule has 4 N–H and O–H groups in total. The van der Waals surface area contributed by atoms with E-state index in [0.717, 1.165) is 31.4 Å². The minimum atomic E-state index is -1.35. The number of carboxylic acids is 1. The molecule has 20 heavy (non-hydrogen) atoms. The second-order valence-electron chi connectivity index (χ2n) is 5.23. The molecule has 0 spiro atoms. The van der Waals surface area contributed by atoms with Gasteiger partial charge in [-0.3, -0.25) is 0 Å². The standard InChI is InChI=1S/C14H19FN2O3/c1-17(11-4-2-3-5-13(11)18)12-7-9(15)8(14(19)20)6-10(12)16/h6-7,11,13,18H,2-5,16H2,1H3,(H,19,20). The van der Waals surface area contributed by atoms with Crippen molar-refractivity contribution in [3.05, 3.63) is 23.5 Å². The van der Waals surface area contributed by atoms with Crippen LogP contribution in [0.15, 0.2) is 12.1 Å². The Labute approximate surface area is 116 Å². The van der Waals surface area contributed by atoms with Crippen molar-refractivity contribution >= 4 is 17.3 Å². The molecular formula is C14H19FN2O3. The summed E-state index contributed by atoms with van der Waals surface area (Å²) in [5.74, 6) is -2.17. The van der Waals surface area contributed by atoms with E-state index in [0.29, 0.717) is 12.1 Å². The van der Waals surface area contributed by atoms with Crippen molar-refractivity contribution < 1.29 is 19.4 Å². The number of anilines is 2. The molecule has 6 heteroatoms. The summed E-state index contributed by atoms with van der Waals surface area (Å²) in [5.41, 5.74) is 6.00. The fourth-order valence-electron chi connectivity index (χ4n) is 2.77. The molecule has 1 fully saturated rings. The molecule has 0 heterocycles. The molecule has 2 rings (SSSR count). The average Bonchev–Trinajstić information content (AvgIpc) is 2.40. The van der Waals surface area contributed by atoms with E-state index < -0.39 is 23.5 Å². The van der Waals surface area contributed by atoms with Crippen LogP contribution in [-0.4, -0.2) is 35.4 Å². The highest BCUT2D eigenvalue weighted by Crippen LogP contribution is 2.31. The minimum Gasteiger partial charge on any atom is -0.478 e. The first-order chi connectivity index (χ1) is 9.41. The lowest BCUT2D eigenvalue weighted by molar-refractivity contribution is 0.0692. The number of carbonyl (C=O) groups is 1. The highest BCUT2D eigenvalue weighted by molar-refractivity contribution is 5.91. The first kappa shape index (κ1) is 14.6. The maximum absolute atomic E-state index is 13.8. The molecule has 0 aromatic heterocycles. The van der Waals surface area contributed by atoms with Crippen LogP contribution in [0.4, 0.5) is 15.8 Å². The van der Waals surface area contributed by atoms with E-state index in [-0.39, 0.29) is 11.7 Å². The third-order valence-electron chi connectivity index (χ3n) is 3.92. The second kappa shape index (κ2) is 5.66. The zero-order chi connectivity index (χ0) is 14.9. The number of hydrogen-bond donors (Lipinski definition) is 3. The predicted molar refractivity (Wildman–Crippen MR) is 74.4 cm³/mol. The number of likely N-dealkylation sites (N-methyl/N-ethyl adjacent to an activating group) is 1. The summed E-state index contributed by atoms with van der Waals surface area (Å²) in [4.78, 5) is 12.6. The number of benzene rings is 1. The molecule has 2 unspecified atom stereocenters. The largest absolute Gasteiger partial charge is 0.478 e. The number of nitrogens with zero attached hydrogens (tertiary/aromatic N) is 1. The second-order valence-corrected chi connectivity index (χ2v) is 5.23. The Morgan fingerprint density at radius 3 is 2.65 bits per heavy atom. The lowest BCUT2D eigenvalue weighted by Gasteiger charge is -2.37. The van der Waals surface area contributed by atoms with Crippen LogP contribution >= 0.6 is 0 Å². The maximum atomic E-state index is 13.8. The van der Waals surface area contributed by atoms with Gasteiger partial charge in [-0.05, 0) is 18.9 Å². The molecule has 0 bridgehead atoms. The lowest BCUT2D eigenvalue weighted by atomic mass is 9.91. The lowest BCUT2D eigenvalue weighted by Crippen LogP contribution is -2.43. The Balaban J connectivity index is 2.32.